The predicted octanol–water partition coefficient (Wildman–Crippen LogP) is 3.45. The molecule has 1 saturated heterocycles. The van der Waals surface area contributed by atoms with E-state index in [0.717, 1.165) is 41.3 Å². The van der Waals surface area contributed by atoms with Crippen LogP contribution in [0.15, 0.2) is 36.4 Å². The highest BCUT2D eigenvalue weighted by atomic mass is 35.5. The van der Waals surface area contributed by atoms with Crippen LogP contribution in [0.3, 0.4) is 0 Å². The van der Waals surface area contributed by atoms with Gasteiger partial charge in [0, 0.05) is 34.7 Å². The number of fused-ring (bicyclic) bond motifs is 1. The van der Waals surface area contributed by atoms with Gasteiger partial charge in [-0.1, -0.05) is 23.7 Å². The lowest BCUT2D eigenvalue weighted by Crippen LogP contribution is -2.54. The molecule has 1 aliphatic heterocycles. The van der Waals surface area contributed by atoms with Gasteiger partial charge in [-0.15, -0.1) is 0 Å². The Hall–Kier alpha value is -2.45. The first kappa shape index (κ1) is 22.7. The number of amides is 2. The Morgan fingerprint density at radius 3 is 3.06 bits per heavy atom. The molecule has 2 heterocycles. The molecule has 0 bridgehead atoms. The Morgan fingerprint density at radius 1 is 1.41 bits per heavy atom. The van der Waals surface area contributed by atoms with E-state index in [0.29, 0.717) is 23.7 Å². The summed E-state index contributed by atoms with van der Waals surface area (Å²) in [7, 11) is 0. The van der Waals surface area contributed by atoms with E-state index in [2.05, 4.69) is 20.6 Å². The first-order chi connectivity index (χ1) is 15.5. The number of ether oxygens (including phenoxy) is 1. The third-order valence-corrected chi connectivity index (χ3v) is 7.05. The molecule has 0 radical (unpaired) electrons. The minimum absolute atomic E-state index is 0.0505. The second kappa shape index (κ2) is 10.4. The van der Waals surface area contributed by atoms with Crippen molar-refractivity contribution in [3.05, 3.63) is 58.3 Å². The summed E-state index contributed by atoms with van der Waals surface area (Å²) in [6.07, 6.45) is 5.35. The average Bonchev–Trinajstić information content (AvgIpc) is 3.18. The number of benzene rings is 1. The lowest BCUT2D eigenvalue weighted by atomic mass is 9.82. The zero-order valence-electron chi connectivity index (χ0n) is 17.9. The van der Waals surface area contributed by atoms with E-state index in [4.69, 9.17) is 16.3 Å². The summed E-state index contributed by atoms with van der Waals surface area (Å²) in [5.74, 6) is 1.63. The molecular weight excluding hydrogens is 448 g/mol. The number of carbonyl (C=O) groups is 2. The van der Waals surface area contributed by atoms with Crippen molar-refractivity contribution in [3.8, 4) is 0 Å². The van der Waals surface area contributed by atoms with Crippen molar-refractivity contribution in [1.29, 1.82) is 0 Å². The molecular formula is C23H27ClN4O3S. The van der Waals surface area contributed by atoms with Crippen LogP contribution < -0.4 is 10.6 Å². The van der Waals surface area contributed by atoms with Crippen molar-refractivity contribution in [2.45, 2.75) is 44.1 Å². The van der Waals surface area contributed by atoms with Crippen molar-refractivity contribution in [2.24, 2.45) is 5.92 Å². The number of halogens is 1. The van der Waals surface area contributed by atoms with Gasteiger partial charge in [-0.2, -0.15) is 11.8 Å². The van der Waals surface area contributed by atoms with Gasteiger partial charge in [0.1, 0.15) is 6.10 Å². The smallest absolute Gasteiger partial charge is 0.286 e. The molecule has 3 atom stereocenters. The normalized spacial score (nSPS) is 23.9. The molecule has 1 aliphatic carbocycles. The van der Waals surface area contributed by atoms with Gasteiger partial charge in [-0.25, -0.2) is 4.98 Å². The first-order valence-electron chi connectivity index (χ1n) is 10.8. The molecule has 2 aliphatic rings. The number of imidazole rings is 1. The number of nitrogens with one attached hydrogen (secondary N) is 3. The first-order valence-corrected chi connectivity index (χ1v) is 12.3. The Balaban J connectivity index is 1.23. The molecule has 0 spiro atoms. The summed E-state index contributed by atoms with van der Waals surface area (Å²) in [6, 6.07) is 7.12. The number of morpholine rings is 1. The number of aryl methyl sites for hydroxylation is 1. The van der Waals surface area contributed by atoms with Gasteiger partial charge in [0.05, 0.1) is 18.1 Å². The minimum Gasteiger partial charge on any atom is -0.483 e. The van der Waals surface area contributed by atoms with Gasteiger partial charge in [-0.3, -0.25) is 9.59 Å². The van der Waals surface area contributed by atoms with Gasteiger partial charge in [0.15, 0.2) is 5.76 Å². The van der Waals surface area contributed by atoms with Gasteiger partial charge in [-0.05, 0) is 50.0 Å². The predicted molar refractivity (Wildman–Crippen MR) is 126 cm³/mol. The lowest BCUT2D eigenvalue weighted by Gasteiger charge is -2.39. The van der Waals surface area contributed by atoms with Crippen molar-refractivity contribution in [2.75, 3.05) is 12.3 Å². The maximum Gasteiger partial charge on any atom is 0.286 e. The van der Waals surface area contributed by atoms with Crippen LogP contribution in [-0.4, -0.2) is 46.2 Å². The summed E-state index contributed by atoms with van der Waals surface area (Å²) in [5, 5.41) is 6.67. The second-order valence-electron chi connectivity index (χ2n) is 8.13. The number of thioether (sulfide) groups is 1. The summed E-state index contributed by atoms with van der Waals surface area (Å²) in [4.78, 5) is 32.5. The molecule has 2 fully saturated rings. The molecule has 2 aromatic rings. The van der Waals surface area contributed by atoms with Crippen molar-refractivity contribution in [3.63, 3.8) is 0 Å². The number of hydrogen-bond acceptors (Lipinski definition) is 5. The van der Waals surface area contributed by atoms with Crippen molar-refractivity contribution in [1.82, 2.24) is 20.6 Å². The summed E-state index contributed by atoms with van der Waals surface area (Å²) in [5.41, 5.74) is 2.95. The number of carbonyl (C=O) groups excluding carboxylic acids is 2. The van der Waals surface area contributed by atoms with E-state index in [1.807, 2.05) is 19.1 Å². The van der Waals surface area contributed by atoms with E-state index >= 15 is 0 Å². The van der Waals surface area contributed by atoms with Crippen molar-refractivity contribution < 1.29 is 14.3 Å². The van der Waals surface area contributed by atoms with E-state index in [1.54, 1.807) is 36.3 Å². The number of hydrogen-bond donors (Lipinski definition) is 3. The molecule has 1 aromatic carbocycles. The molecule has 3 unspecified atom stereocenters. The standard InChI is InChI=1S/C23H27ClN4O3S/c1-14-19(27-13-26-14)12-32-8-7-25-22(29)16-5-6-20-18(11-16)28-23(30)21(31-20)10-15-3-2-4-17(24)9-15/h2-4,9-10,13,16,18,20H,5-8,11-12H2,1H3,(H,25,29)(H,26,27)(H,28,30)/b21-10-. The highest BCUT2D eigenvalue weighted by Gasteiger charge is 2.40. The molecule has 9 heteroatoms. The van der Waals surface area contributed by atoms with Gasteiger partial charge >= 0.3 is 0 Å². The zero-order chi connectivity index (χ0) is 22.5. The fourth-order valence-electron chi connectivity index (χ4n) is 4.07. The number of rotatable bonds is 7. The molecule has 7 nitrogen and oxygen atoms in total. The van der Waals surface area contributed by atoms with Crippen LogP contribution in [0.5, 0.6) is 0 Å². The molecule has 3 N–H and O–H groups in total. The van der Waals surface area contributed by atoms with E-state index in [-0.39, 0.29) is 29.9 Å². The quantitative estimate of drug-likeness (QED) is 0.422. The van der Waals surface area contributed by atoms with E-state index in [1.165, 1.54) is 0 Å². The number of H-pyrrole nitrogens is 1. The topological polar surface area (TPSA) is 96.1 Å². The van der Waals surface area contributed by atoms with Crippen LogP contribution in [0.2, 0.25) is 5.02 Å². The lowest BCUT2D eigenvalue weighted by molar-refractivity contribution is -0.134. The molecule has 170 valence electrons. The largest absolute Gasteiger partial charge is 0.483 e. The second-order valence-corrected chi connectivity index (χ2v) is 9.67. The average molecular weight is 475 g/mol. The maximum atomic E-state index is 12.6. The monoisotopic (exact) mass is 474 g/mol. The molecule has 1 aromatic heterocycles. The Bertz CT molecular complexity index is 1010. The van der Waals surface area contributed by atoms with E-state index < -0.39 is 0 Å². The summed E-state index contributed by atoms with van der Waals surface area (Å²) >= 11 is 7.77. The maximum absolute atomic E-state index is 12.6. The highest BCUT2D eigenvalue weighted by Crippen LogP contribution is 2.31. The molecule has 1 saturated carbocycles. The van der Waals surface area contributed by atoms with Crippen LogP contribution in [0.1, 0.15) is 36.2 Å². The molecule has 32 heavy (non-hydrogen) atoms. The highest BCUT2D eigenvalue weighted by molar-refractivity contribution is 7.98. The SMILES string of the molecule is Cc1[nH]cnc1CSCCNC(=O)C1CCC2O/C(=C\c3cccc(Cl)c3)C(=O)NC2C1. The fourth-order valence-corrected chi connectivity index (χ4v) is 5.14. The summed E-state index contributed by atoms with van der Waals surface area (Å²) < 4.78 is 6.00. The van der Waals surface area contributed by atoms with E-state index in [9.17, 15) is 9.59 Å². The van der Waals surface area contributed by atoms with Crippen LogP contribution >= 0.6 is 23.4 Å². The van der Waals surface area contributed by atoms with Crippen LogP contribution in [-0.2, 0) is 20.1 Å². The molecule has 2 amide bonds. The van der Waals surface area contributed by atoms with Gasteiger partial charge in [0.25, 0.3) is 5.91 Å². The fraction of sp³-hybridized carbons (Fsp3) is 0.435. The Morgan fingerprint density at radius 2 is 2.28 bits per heavy atom. The third kappa shape index (κ3) is 5.66. The Labute approximate surface area is 196 Å². The van der Waals surface area contributed by atoms with Crippen LogP contribution in [0, 0.1) is 12.8 Å². The minimum atomic E-state index is -0.252. The third-order valence-electron chi connectivity index (χ3n) is 5.84. The van der Waals surface area contributed by atoms with Gasteiger partial charge < -0.3 is 20.4 Å². The zero-order valence-corrected chi connectivity index (χ0v) is 19.5. The van der Waals surface area contributed by atoms with Crippen LogP contribution in [0.4, 0.5) is 0 Å². The number of aromatic nitrogens is 2. The number of aromatic amines is 1. The van der Waals surface area contributed by atoms with Gasteiger partial charge in [0.2, 0.25) is 5.91 Å². The summed E-state index contributed by atoms with van der Waals surface area (Å²) in [6.45, 7) is 2.62. The van der Waals surface area contributed by atoms with Crippen LogP contribution in [0.25, 0.3) is 6.08 Å². The molecule has 4 rings (SSSR count). The van der Waals surface area contributed by atoms with Crippen molar-refractivity contribution >= 4 is 41.3 Å². The number of nitrogens with zero attached hydrogens (tertiary/aromatic N) is 1. The Kier molecular flexibility index (Phi) is 7.42.